The minimum atomic E-state index is -0.494. The number of hydrogen-bond acceptors (Lipinski definition) is 3. The molecular formula is C20H29ClN2O. The van der Waals surface area contributed by atoms with Gasteiger partial charge in [-0.05, 0) is 44.0 Å². The van der Waals surface area contributed by atoms with Crippen LogP contribution in [0.4, 0.5) is 5.69 Å². The van der Waals surface area contributed by atoms with Crippen LogP contribution in [0.5, 0.6) is 0 Å². The minimum Gasteiger partial charge on any atom is -0.387 e. The van der Waals surface area contributed by atoms with Gasteiger partial charge in [-0.15, -0.1) is 12.4 Å². The summed E-state index contributed by atoms with van der Waals surface area (Å²) in [6.07, 6.45) is -0.494. The van der Waals surface area contributed by atoms with Crippen molar-refractivity contribution in [2.24, 2.45) is 0 Å². The Morgan fingerprint density at radius 2 is 1.54 bits per heavy atom. The lowest BCUT2D eigenvalue weighted by molar-refractivity contribution is 0.135. The van der Waals surface area contributed by atoms with Gasteiger partial charge in [0.1, 0.15) is 0 Å². The van der Waals surface area contributed by atoms with E-state index in [1.54, 1.807) is 0 Å². The minimum absolute atomic E-state index is 0. The van der Waals surface area contributed by atoms with Crippen molar-refractivity contribution in [2.75, 3.05) is 18.0 Å². The molecule has 0 saturated carbocycles. The fourth-order valence-electron chi connectivity index (χ4n) is 2.74. The molecule has 0 aromatic heterocycles. The molecule has 0 fully saturated rings. The van der Waals surface area contributed by atoms with Crippen molar-refractivity contribution < 1.29 is 5.11 Å². The van der Waals surface area contributed by atoms with E-state index in [-0.39, 0.29) is 18.4 Å². The van der Waals surface area contributed by atoms with Crippen molar-refractivity contribution >= 4 is 18.1 Å². The molecule has 4 heteroatoms. The van der Waals surface area contributed by atoms with Gasteiger partial charge in [-0.25, -0.2) is 0 Å². The maximum absolute atomic E-state index is 10.4. The Morgan fingerprint density at radius 1 is 0.958 bits per heavy atom. The summed E-state index contributed by atoms with van der Waals surface area (Å²) in [6.45, 7) is 9.16. The summed E-state index contributed by atoms with van der Waals surface area (Å²) in [5.74, 6) is 0. The molecule has 0 heterocycles. The number of nitrogens with zero attached hydrogens (tertiary/aromatic N) is 1. The third kappa shape index (κ3) is 5.52. The Labute approximate surface area is 152 Å². The quantitative estimate of drug-likeness (QED) is 0.751. The molecule has 2 unspecified atom stereocenters. The summed E-state index contributed by atoms with van der Waals surface area (Å²) in [5.41, 5.74) is 3.44. The van der Waals surface area contributed by atoms with E-state index < -0.39 is 6.10 Å². The molecule has 2 rings (SSSR count). The first-order valence-corrected chi connectivity index (χ1v) is 8.46. The highest BCUT2D eigenvalue weighted by atomic mass is 35.5. The van der Waals surface area contributed by atoms with Gasteiger partial charge in [0.15, 0.2) is 0 Å². The second kappa shape index (κ2) is 10.3. The van der Waals surface area contributed by atoms with Crippen molar-refractivity contribution in [3.8, 4) is 0 Å². The predicted octanol–water partition coefficient (Wildman–Crippen LogP) is 4.17. The lowest BCUT2D eigenvalue weighted by atomic mass is 10.0. The van der Waals surface area contributed by atoms with Gasteiger partial charge in [-0.1, -0.05) is 42.5 Å². The Balaban J connectivity index is 0.00000288. The zero-order valence-electron chi connectivity index (χ0n) is 14.8. The highest BCUT2D eigenvalue weighted by molar-refractivity contribution is 5.85. The number of aliphatic hydroxyl groups is 1. The molecule has 24 heavy (non-hydrogen) atoms. The summed E-state index contributed by atoms with van der Waals surface area (Å²) in [6, 6.07) is 18.4. The summed E-state index contributed by atoms with van der Waals surface area (Å²) in [7, 11) is 0. The van der Waals surface area contributed by atoms with Crippen LogP contribution < -0.4 is 10.2 Å². The second-order valence-corrected chi connectivity index (χ2v) is 5.86. The van der Waals surface area contributed by atoms with Crippen LogP contribution in [0.1, 0.15) is 38.0 Å². The molecular weight excluding hydrogens is 320 g/mol. The van der Waals surface area contributed by atoms with E-state index in [0.717, 1.165) is 25.2 Å². The molecule has 0 spiro atoms. The summed E-state index contributed by atoms with van der Waals surface area (Å²) >= 11 is 0. The Morgan fingerprint density at radius 3 is 2.08 bits per heavy atom. The second-order valence-electron chi connectivity index (χ2n) is 5.86. The fourth-order valence-corrected chi connectivity index (χ4v) is 2.74. The van der Waals surface area contributed by atoms with Crippen molar-refractivity contribution in [3.63, 3.8) is 0 Å². The average Bonchev–Trinajstić information content (AvgIpc) is 2.62. The summed E-state index contributed by atoms with van der Waals surface area (Å²) in [5, 5.41) is 13.8. The van der Waals surface area contributed by atoms with Gasteiger partial charge in [0.05, 0.1) is 6.10 Å². The molecule has 3 nitrogen and oxygen atoms in total. The predicted molar refractivity (Wildman–Crippen MR) is 105 cm³/mol. The van der Waals surface area contributed by atoms with Gasteiger partial charge in [0.2, 0.25) is 0 Å². The fraction of sp³-hybridized carbons (Fsp3) is 0.400. The van der Waals surface area contributed by atoms with Crippen molar-refractivity contribution in [2.45, 2.75) is 39.5 Å². The molecule has 0 aliphatic rings. The number of anilines is 1. The molecule has 0 aliphatic carbocycles. The van der Waals surface area contributed by atoms with Crippen LogP contribution >= 0.6 is 12.4 Å². The molecule has 0 radical (unpaired) electrons. The van der Waals surface area contributed by atoms with E-state index in [0.29, 0.717) is 0 Å². The zero-order chi connectivity index (χ0) is 16.7. The van der Waals surface area contributed by atoms with Crippen molar-refractivity contribution in [3.05, 3.63) is 65.7 Å². The van der Waals surface area contributed by atoms with Gasteiger partial charge in [-0.2, -0.15) is 0 Å². The van der Waals surface area contributed by atoms with E-state index in [2.05, 4.69) is 48.3 Å². The number of aliphatic hydroxyl groups excluding tert-OH is 1. The van der Waals surface area contributed by atoms with E-state index in [1.807, 2.05) is 37.3 Å². The SMILES string of the molecule is CCN(CC)c1ccc(CNC(C)C(O)c2ccccc2)cc1.Cl. The van der Waals surface area contributed by atoms with E-state index in [1.165, 1.54) is 11.3 Å². The van der Waals surface area contributed by atoms with Crippen LogP contribution in [0.15, 0.2) is 54.6 Å². The highest BCUT2D eigenvalue weighted by Gasteiger charge is 2.15. The first kappa shape index (κ1) is 20.5. The molecule has 132 valence electrons. The lowest BCUT2D eigenvalue weighted by Crippen LogP contribution is -2.31. The van der Waals surface area contributed by atoms with Crippen LogP contribution in [-0.4, -0.2) is 24.2 Å². The van der Waals surface area contributed by atoms with E-state index >= 15 is 0 Å². The molecule has 0 amide bonds. The average molecular weight is 349 g/mol. The Kier molecular flexibility index (Phi) is 8.83. The standard InChI is InChI=1S/C20H28N2O.ClH/c1-4-22(5-2)19-13-11-17(12-14-19)15-21-16(3)20(23)18-9-7-6-8-10-18;/h6-14,16,20-21,23H,4-5,15H2,1-3H3;1H. The maximum atomic E-state index is 10.4. The monoisotopic (exact) mass is 348 g/mol. The van der Waals surface area contributed by atoms with E-state index in [4.69, 9.17) is 0 Å². The smallest absolute Gasteiger partial charge is 0.0940 e. The van der Waals surface area contributed by atoms with Gasteiger partial charge in [0.25, 0.3) is 0 Å². The Hall–Kier alpha value is -1.55. The largest absolute Gasteiger partial charge is 0.387 e. The van der Waals surface area contributed by atoms with Crippen LogP contribution in [0.2, 0.25) is 0 Å². The van der Waals surface area contributed by atoms with Crippen molar-refractivity contribution in [1.29, 1.82) is 0 Å². The number of rotatable bonds is 8. The topological polar surface area (TPSA) is 35.5 Å². The number of benzene rings is 2. The first-order valence-electron chi connectivity index (χ1n) is 8.46. The third-order valence-electron chi connectivity index (χ3n) is 4.31. The molecule has 2 atom stereocenters. The Bertz CT molecular complexity index is 570. The van der Waals surface area contributed by atoms with Crippen molar-refractivity contribution in [1.82, 2.24) is 5.32 Å². The number of halogens is 1. The highest BCUT2D eigenvalue weighted by Crippen LogP contribution is 2.18. The molecule has 2 N–H and O–H groups in total. The molecule has 0 saturated heterocycles. The maximum Gasteiger partial charge on any atom is 0.0940 e. The van der Waals surface area contributed by atoms with Crippen LogP contribution in [0, 0.1) is 0 Å². The van der Waals surface area contributed by atoms with Crippen LogP contribution in [0.25, 0.3) is 0 Å². The molecule has 2 aromatic carbocycles. The molecule has 0 aliphatic heterocycles. The first-order chi connectivity index (χ1) is 11.2. The lowest BCUT2D eigenvalue weighted by Gasteiger charge is -2.22. The van der Waals surface area contributed by atoms with Gasteiger partial charge in [-0.3, -0.25) is 0 Å². The van der Waals surface area contributed by atoms with Gasteiger partial charge < -0.3 is 15.3 Å². The molecule has 2 aromatic rings. The number of hydrogen-bond donors (Lipinski definition) is 2. The van der Waals surface area contributed by atoms with Gasteiger partial charge in [0, 0.05) is 31.4 Å². The van der Waals surface area contributed by atoms with Crippen LogP contribution in [-0.2, 0) is 6.54 Å². The summed E-state index contributed by atoms with van der Waals surface area (Å²) < 4.78 is 0. The summed E-state index contributed by atoms with van der Waals surface area (Å²) in [4.78, 5) is 2.33. The third-order valence-corrected chi connectivity index (χ3v) is 4.31. The molecule has 0 bridgehead atoms. The number of nitrogens with one attached hydrogen (secondary N) is 1. The normalized spacial score (nSPS) is 13.0. The van der Waals surface area contributed by atoms with Gasteiger partial charge >= 0.3 is 0 Å². The van der Waals surface area contributed by atoms with E-state index in [9.17, 15) is 5.11 Å². The zero-order valence-corrected chi connectivity index (χ0v) is 15.6. The van der Waals surface area contributed by atoms with Crippen LogP contribution in [0.3, 0.4) is 0 Å².